The number of carbonyl (C=O) groups excluding carboxylic acids is 1. The Kier molecular flexibility index (Phi) is 5.01. The minimum atomic E-state index is -0.705. The Morgan fingerprint density at radius 1 is 1.45 bits per heavy atom. The third kappa shape index (κ3) is 3.74. The van der Waals surface area contributed by atoms with Crippen molar-refractivity contribution in [2.45, 2.75) is 11.9 Å². The van der Waals surface area contributed by atoms with Crippen LogP contribution in [0.15, 0.2) is 43.0 Å². The molecule has 0 aliphatic carbocycles. The molecule has 1 aromatic heterocycles. The van der Waals surface area contributed by atoms with Gasteiger partial charge in [-0.3, -0.25) is 4.79 Å². The summed E-state index contributed by atoms with van der Waals surface area (Å²) in [4.78, 5) is 15.9. The zero-order valence-electron chi connectivity index (χ0n) is 11.1. The standard InChI is InChI=1S/C14H16ClN3O2/c1-20-12-4-2-11(3-5-12)13(15)14(19)17-7-9-18-8-6-16-10-18/h2-6,8,10,13H,7,9H2,1H3,(H,17,19). The van der Waals surface area contributed by atoms with Gasteiger partial charge in [0, 0.05) is 25.5 Å². The van der Waals surface area contributed by atoms with Crippen molar-refractivity contribution in [2.24, 2.45) is 0 Å². The van der Waals surface area contributed by atoms with E-state index in [0.29, 0.717) is 13.1 Å². The van der Waals surface area contributed by atoms with Gasteiger partial charge in [0.2, 0.25) is 5.91 Å². The van der Waals surface area contributed by atoms with Crippen molar-refractivity contribution in [3.8, 4) is 5.75 Å². The van der Waals surface area contributed by atoms with Crippen LogP contribution in [0.25, 0.3) is 0 Å². The van der Waals surface area contributed by atoms with Gasteiger partial charge in [-0.2, -0.15) is 0 Å². The first kappa shape index (κ1) is 14.4. The number of amides is 1. The number of methoxy groups -OCH3 is 1. The van der Waals surface area contributed by atoms with E-state index in [4.69, 9.17) is 16.3 Å². The Balaban J connectivity index is 1.84. The third-order valence-corrected chi connectivity index (χ3v) is 3.32. The molecule has 1 N–H and O–H groups in total. The van der Waals surface area contributed by atoms with Crippen molar-refractivity contribution in [3.63, 3.8) is 0 Å². The lowest BCUT2D eigenvalue weighted by atomic mass is 10.1. The highest BCUT2D eigenvalue weighted by atomic mass is 35.5. The summed E-state index contributed by atoms with van der Waals surface area (Å²) in [6, 6.07) is 7.13. The van der Waals surface area contributed by atoms with E-state index in [0.717, 1.165) is 11.3 Å². The van der Waals surface area contributed by atoms with Crippen molar-refractivity contribution < 1.29 is 9.53 Å². The molecule has 5 nitrogen and oxygen atoms in total. The molecular weight excluding hydrogens is 278 g/mol. The van der Waals surface area contributed by atoms with Gasteiger partial charge in [-0.25, -0.2) is 4.98 Å². The Hall–Kier alpha value is -2.01. The van der Waals surface area contributed by atoms with E-state index in [2.05, 4.69) is 10.3 Å². The zero-order valence-corrected chi connectivity index (χ0v) is 11.9. The lowest BCUT2D eigenvalue weighted by molar-refractivity contribution is -0.120. The second kappa shape index (κ2) is 6.96. The number of nitrogens with one attached hydrogen (secondary N) is 1. The highest BCUT2D eigenvalue weighted by molar-refractivity contribution is 6.30. The van der Waals surface area contributed by atoms with Gasteiger partial charge in [0.1, 0.15) is 11.1 Å². The number of benzene rings is 1. The molecule has 2 aromatic rings. The van der Waals surface area contributed by atoms with Gasteiger partial charge in [-0.1, -0.05) is 12.1 Å². The fraction of sp³-hybridized carbons (Fsp3) is 0.286. The van der Waals surface area contributed by atoms with Crippen LogP contribution in [0.3, 0.4) is 0 Å². The van der Waals surface area contributed by atoms with Crippen molar-refractivity contribution >= 4 is 17.5 Å². The summed E-state index contributed by atoms with van der Waals surface area (Å²) in [6.07, 6.45) is 5.24. The number of hydrogen-bond acceptors (Lipinski definition) is 3. The van der Waals surface area contributed by atoms with E-state index in [1.807, 2.05) is 10.8 Å². The van der Waals surface area contributed by atoms with Gasteiger partial charge in [-0.05, 0) is 17.7 Å². The minimum absolute atomic E-state index is 0.211. The van der Waals surface area contributed by atoms with Gasteiger partial charge in [0.05, 0.1) is 13.4 Å². The van der Waals surface area contributed by atoms with Gasteiger partial charge in [0.25, 0.3) is 0 Å². The van der Waals surface area contributed by atoms with Crippen LogP contribution in [-0.4, -0.2) is 29.1 Å². The first-order chi connectivity index (χ1) is 9.70. The van der Waals surface area contributed by atoms with Crippen LogP contribution < -0.4 is 10.1 Å². The number of rotatable bonds is 6. The summed E-state index contributed by atoms with van der Waals surface area (Å²) in [7, 11) is 1.59. The first-order valence-electron chi connectivity index (χ1n) is 6.22. The molecule has 1 unspecified atom stereocenters. The molecule has 0 bridgehead atoms. The molecule has 1 aromatic carbocycles. The minimum Gasteiger partial charge on any atom is -0.497 e. The summed E-state index contributed by atoms with van der Waals surface area (Å²) in [5.74, 6) is 0.523. The van der Waals surface area contributed by atoms with Crippen LogP contribution in [0.2, 0.25) is 0 Å². The van der Waals surface area contributed by atoms with Crippen molar-refractivity contribution in [1.82, 2.24) is 14.9 Å². The van der Waals surface area contributed by atoms with Crippen LogP contribution in [0.4, 0.5) is 0 Å². The summed E-state index contributed by atoms with van der Waals surface area (Å²) in [5, 5.41) is 2.09. The van der Waals surface area contributed by atoms with E-state index < -0.39 is 5.38 Å². The topological polar surface area (TPSA) is 56.1 Å². The molecule has 2 rings (SSSR count). The maximum Gasteiger partial charge on any atom is 0.242 e. The quantitative estimate of drug-likeness (QED) is 0.829. The number of imidazole rings is 1. The molecule has 0 saturated heterocycles. The number of aromatic nitrogens is 2. The maximum absolute atomic E-state index is 11.9. The summed E-state index contributed by atoms with van der Waals surface area (Å²) >= 11 is 6.14. The Bertz CT molecular complexity index is 540. The molecule has 0 aliphatic heterocycles. The fourth-order valence-corrected chi connectivity index (χ4v) is 1.96. The predicted octanol–water partition coefficient (Wildman–Crippen LogP) is 1.99. The molecule has 1 heterocycles. The molecule has 1 atom stereocenters. The second-order valence-corrected chi connectivity index (χ2v) is 4.66. The normalized spacial score (nSPS) is 11.9. The van der Waals surface area contributed by atoms with Crippen LogP contribution in [0.5, 0.6) is 5.75 Å². The smallest absolute Gasteiger partial charge is 0.242 e. The number of carbonyl (C=O) groups is 1. The highest BCUT2D eigenvalue weighted by Crippen LogP contribution is 2.22. The molecule has 0 radical (unpaired) electrons. The van der Waals surface area contributed by atoms with Gasteiger partial charge >= 0.3 is 0 Å². The number of hydrogen-bond donors (Lipinski definition) is 1. The second-order valence-electron chi connectivity index (χ2n) is 4.23. The largest absolute Gasteiger partial charge is 0.497 e. The van der Waals surface area contributed by atoms with E-state index in [1.165, 1.54) is 0 Å². The Morgan fingerprint density at radius 3 is 2.80 bits per heavy atom. The highest BCUT2D eigenvalue weighted by Gasteiger charge is 2.16. The Morgan fingerprint density at radius 2 is 2.20 bits per heavy atom. The number of halogens is 1. The summed E-state index contributed by atoms with van der Waals surface area (Å²) < 4.78 is 6.95. The number of alkyl halides is 1. The van der Waals surface area contributed by atoms with Gasteiger partial charge in [-0.15, -0.1) is 11.6 Å². The monoisotopic (exact) mass is 293 g/mol. The van der Waals surface area contributed by atoms with E-state index in [9.17, 15) is 4.79 Å². The van der Waals surface area contributed by atoms with Crippen molar-refractivity contribution in [1.29, 1.82) is 0 Å². The van der Waals surface area contributed by atoms with Crippen molar-refractivity contribution in [3.05, 3.63) is 48.5 Å². The number of nitrogens with zero attached hydrogens (tertiary/aromatic N) is 2. The molecular formula is C14H16ClN3O2. The van der Waals surface area contributed by atoms with Crippen LogP contribution in [0, 0.1) is 0 Å². The third-order valence-electron chi connectivity index (χ3n) is 2.87. The average molecular weight is 294 g/mol. The van der Waals surface area contributed by atoms with E-state index >= 15 is 0 Å². The zero-order chi connectivity index (χ0) is 14.4. The lowest BCUT2D eigenvalue weighted by Gasteiger charge is -2.11. The molecule has 20 heavy (non-hydrogen) atoms. The molecule has 0 fully saturated rings. The van der Waals surface area contributed by atoms with Gasteiger partial charge < -0.3 is 14.6 Å². The van der Waals surface area contributed by atoms with E-state index in [1.54, 1.807) is 43.9 Å². The molecule has 1 amide bonds. The maximum atomic E-state index is 11.9. The molecule has 0 aliphatic rings. The van der Waals surface area contributed by atoms with Crippen LogP contribution in [0.1, 0.15) is 10.9 Å². The van der Waals surface area contributed by atoms with Gasteiger partial charge in [0.15, 0.2) is 0 Å². The van der Waals surface area contributed by atoms with Crippen LogP contribution in [-0.2, 0) is 11.3 Å². The molecule has 6 heteroatoms. The Labute approximate surface area is 122 Å². The average Bonchev–Trinajstić information content (AvgIpc) is 2.99. The summed E-state index contributed by atoms with van der Waals surface area (Å²) in [6.45, 7) is 1.17. The molecule has 0 saturated carbocycles. The molecule has 106 valence electrons. The first-order valence-corrected chi connectivity index (χ1v) is 6.66. The predicted molar refractivity (Wildman–Crippen MR) is 76.8 cm³/mol. The summed E-state index contributed by atoms with van der Waals surface area (Å²) in [5.41, 5.74) is 0.743. The van der Waals surface area contributed by atoms with E-state index in [-0.39, 0.29) is 5.91 Å². The molecule has 0 spiro atoms. The fourth-order valence-electron chi connectivity index (χ4n) is 1.74. The van der Waals surface area contributed by atoms with Crippen molar-refractivity contribution in [2.75, 3.05) is 13.7 Å². The number of ether oxygens (including phenoxy) is 1. The lowest BCUT2D eigenvalue weighted by Crippen LogP contribution is -2.29. The SMILES string of the molecule is COc1ccc(C(Cl)C(=O)NCCn2ccnc2)cc1. The van der Waals surface area contributed by atoms with Crippen LogP contribution >= 0.6 is 11.6 Å².